The highest BCUT2D eigenvalue weighted by molar-refractivity contribution is 5.97. The molecule has 4 aromatic rings. The molecule has 1 aromatic heterocycles. The molecule has 37 heavy (non-hydrogen) atoms. The van der Waals surface area contributed by atoms with E-state index in [2.05, 4.69) is 15.6 Å². The van der Waals surface area contributed by atoms with Crippen molar-refractivity contribution in [2.24, 2.45) is 0 Å². The van der Waals surface area contributed by atoms with Gasteiger partial charge in [-0.2, -0.15) is 0 Å². The Balaban J connectivity index is 1.65. The quantitative estimate of drug-likeness (QED) is 0.297. The predicted molar refractivity (Wildman–Crippen MR) is 134 cm³/mol. The molecule has 0 aliphatic rings. The number of halogens is 2. The minimum Gasteiger partial charge on any atom is -0.494 e. The van der Waals surface area contributed by atoms with E-state index in [9.17, 15) is 23.5 Å². The number of hydrogen-bond acceptors (Lipinski definition) is 4. The fourth-order valence-electron chi connectivity index (χ4n) is 4.09. The van der Waals surface area contributed by atoms with Gasteiger partial charge in [0, 0.05) is 23.4 Å². The van der Waals surface area contributed by atoms with Gasteiger partial charge in [0.25, 0.3) is 0 Å². The van der Waals surface area contributed by atoms with Crippen LogP contribution in [0.3, 0.4) is 0 Å². The van der Waals surface area contributed by atoms with E-state index in [1.165, 1.54) is 48.5 Å². The molecule has 9 heteroatoms. The van der Waals surface area contributed by atoms with E-state index in [-0.39, 0.29) is 0 Å². The summed E-state index contributed by atoms with van der Waals surface area (Å²) in [6.07, 6.45) is 1.81. The largest absolute Gasteiger partial charge is 0.494 e. The summed E-state index contributed by atoms with van der Waals surface area (Å²) in [5, 5.41) is 14.5. The molecule has 1 heterocycles. The van der Waals surface area contributed by atoms with Crippen molar-refractivity contribution in [3.05, 3.63) is 114 Å². The second kappa shape index (κ2) is 11.3. The minimum atomic E-state index is -1.42. The van der Waals surface area contributed by atoms with Crippen LogP contribution >= 0.6 is 0 Å². The molecule has 0 spiro atoms. The maximum atomic E-state index is 13.6. The molecule has 0 saturated carbocycles. The molecule has 3 aromatic carbocycles. The molecule has 188 valence electrons. The smallest absolute Gasteiger partial charge is 0.405 e. The maximum Gasteiger partial charge on any atom is 0.405 e. The van der Waals surface area contributed by atoms with E-state index in [1.807, 2.05) is 0 Å². The van der Waals surface area contributed by atoms with Crippen molar-refractivity contribution in [2.75, 3.05) is 12.4 Å². The van der Waals surface area contributed by atoms with Crippen LogP contribution in [0.4, 0.5) is 19.3 Å². The first kappa shape index (κ1) is 25.3. The van der Waals surface area contributed by atoms with Crippen LogP contribution in [0.15, 0.2) is 91.3 Å². The highest BCUT2D eigenvalue weighted by atomic mass is 19.1. The topological polar surface area (TPSA) is 101 Å². The molecule has 0 saturated heterocycles. The van der Waals surface area contributed by atoms with Gasteiger partial charge in [0.15, 0.2) is 0 Å². The molecule has 4 rings (SSSR count). The van der Waals surface area contributed by atoms with Gasteiger partial charge in [0.2, 0.25) is 5.91 Å². The lowest BCUT2D eigenvalue weighted by molar-refractivity contribution is -0.118. The van der Waals surface area contributed by atoms with E-state index in [0.717, 1.165) is 11.1 Å². The predicted octanol–water partition coefficient (Wildman–Crippen LogP) is 5.44. The number of carbonyl (C=O) groups is 2. The Morgan fingerprint density at radius 1 is 0.865 bits per heavy atom. The number of nitrogens with one attached hydrogen (secondary N) is 2. The van der Waals surface area contributed by atoms with E-state index in [0.29, 0.717) is 22.6 Å². The third-order valence-corrected chi connectivity index (χ3v) is 5.82. The highest BCUT2D eigenvalue weighted by Gasteiger charge is 2.33. The summed E-state index contributed by atoms with van der Waals surface area (Å²) in [6.45, 7) is 0. The zero-order valence-electron chi connectivity index (χ0n) is 19.7. The average molecular weight is 504 g/mol. The molecular weight excluding hydrogens is 480 g/mol. The molecule has 0 aliphatic carbocycles. The monoisotopic (exact) mass is 503 g/mol. The first-order chi connectivity index (χ1) is 17.9. The zero-order valence-corrected chi connectivity index (χ0v) is 19.7. The van der Waals surface area contributed by atoms with Gasteiger partial charge in [-0.1, -0.05) is 36.4 Å². The highest BCUT2D eigenvalue weighted by Crippen LogP contribution is 2.31. The van der Waals surface area contributed by atoms with Crippen molar-refractivity contribution in [2.45, 2.75) is 12.0 Å². The number of carbonyl (C=O) groups excluding carboxylic acids is 1. The standard InChI is InChI=1S/C28H23F2N3O4/c1-37-24-16-31-15-14-23(24)17-6-12-22(13-7-17)32-27(34)26(33-28(35)36)25(18-2-8-20(29)9-3-18)19-4-10-21(30)11-5-19/h2-16,25-26,33H,1H3,(H,32,34)(H,35,36)/t26-/m0/s1. The number of pyridine rings is 1. The second-order valence-electron chi connectivity index (χ2n) is 8.15. The molecule has 1 atom stereocenters. The van der Waals surface area contributed by atoms with Gasteiger partial charge < -0.3 is 20.5 Å². The van der Waals surface area contributed by atoms with Gasteiger partial charge in [-0.3, -0.25) is 9.78 Å². The number of amides is 2. The van der Waals surface area contributed by atoms with E-state index < -0.39 is 35.6 Å². The van der Waals surface area contributed by atoms with Crippen molar-refractivity contribution in [1.82, 2.24) is 10.3 Å². The maximum absolute atomic E-state index is 13.6. The molecule has 0 aliphatic heterocycles. The molecule has 0 fully saturated rings. The van der Waals surface area contributed by atoms with Crippen molar-refractivity contribution in [1.29, 1.82) is 0 Å². The summed E-state index contributed by atoms with van der Waals surface area (Å²) >= 11 is 0. The van der Waals surface area contributed by atoms with Crippen LogP contribution in [0.1, 0.15) is 17.0 Å². The lowest BCUT2D eigenvalue weighted by Gasteiger charge is -2.27. The number of nitrogens with zero attached hydrogens (tertiary/aromatic N) is 1. The Morgan fingerprint density at radius 2 is 1.43 bits per heavy atom. The van der Waals surface area contributed by atoms with Crippen LogP contribution < -0.4 is 15.4 Å². The third-order valence-electron chi connectivity index (χ3n) is 5.82. The Kier molecular flexibility index (Phi) is 7.73. The normalized spacial score (nSPS) is 11.6. The molecule has 0 radical (unpaired) electrons. The molecule has 3 N–H and O–H groups in total. The van der Waals surface area contributed by atoms with Crippen LogP contribution in [0.2, 0.25) is 0 Å². The Labute approximate surface area is 211 Å². The molecule has 7 nitrogen and oxygen atoms in total. The van der Waals surface area contributed by atoms with E-state index >= 15 is 0 Å². The summed E-state index contributed by atoms with van der Waals surface area (Å²) in [7, 11) is 1.54. The third kappa shape index (κ3) is 6.07. The van der Waals surface area contributed by atoms with Crippen molar-refractivity contribution in [3.8, 4) is 16.9 Å². The van der Waals surface area contributed by atoms with Crippen LogP contribution in [0, 0.1) is 11.6 Å². The number of methoxy groups -OCH3 is 1. The van der Waals surface area contributed by atoms with Gasteiger partial charge in [-0.05, 0) is 59.2 Å². The minimum absolute atomic E-state index is 0.427. The van der Waals surface area contributed by atoms with Gasteiger partial charge in [-0.15, -0.1) is 0 Å². The van der Waals surface area contributed by atoms with Crippen LogP contribution in [-0.2, 0) is 4.79 Å². The fraction of sp³-hybridized carbons (Fsp3) is 0.107. The summed E-state index contributed by atoms with van der Waals surface area (Å²) in [6, 6.07) is 18.1. The summed E-state index contributed by atoms with van der Waals surface area (Å²) in [4.78, 5) is 29.1. The van der Waals surface area contributed by atoms with Gasteiger partial charge in [-0.25, -0.2) is 13.6 Å². The van der Waals surface area contributed by atoms with E-state index in [1.54, 1.807) is 49.8 Å². The first-order valence-corrected chi connectivity index (χ1v) is 11.3. The lowest BCUT2D eigenvalue weighted by atomic mass is 9.84. The van der Waals surface area contributed by atoms with Crippen LogP contribution in [0.25, 0.3) is 11.1 Å². The van der Waals surface area contributed by atoms with E-state index in [4.69, 9.17) is 4.74 Å². The number of ether oxygens (including phenoxy) is 1. The van der Waals surface area contributed by atoms with Crippen molar-refractivity contribution >= 4 is 17.7 Å². The Morgan fingerprint density at radius 3 is 1.95 bits per heavy atom. The number of anilines is 1. The van der Waals surface area contributed by atoms with Gasteiger partial charge in [0.1, 0.15) is 23.4 Å². The van der Waals surface area contributed by atoms with Crippen molar-refractivity contribution in [3.63, 3.8) is 0 Å². The molecular formula is C28H23F2N3O4. The Hall–Kier alpha value is -4.79. The number of benzene rings is 3. The zero-order chi connectivity index (χ0) is 26.4. The van der Waals surface area contributed by atoms with Crippen LogP contribution in [0.5, 0.6) is 5.75 Å². The lowest BCUT2D eigenvalue weighted by Crippen LogP contribution is -2.47. The number of hydrogen-bond donors (Lipinski definition) is 3. The molecule has 2 amide bonds. The summed E-state index contributed by atoms with van der Waals surface area (Å²) in [5.41, 5.74) is 3.02. The van der Waals surface area contributed by atoms with Crippen LogP contribution in [-0.4, -0.2) is 35.2 Å². The average Bonchev–Trinajstić information content (AvgIpc) is 2.90. The number of aromatic nitrogens is 1. The first-order valence-electron chi connectivity index (χ1n) is 11.3. The fourth-order valence-corrected chi connectivity index (χ4v) is 4.09. The summed E-state index contributed by atoms with van der Waals surface area (Å²) < 4.78 is 32.6. The number of carboxylic acid groups (broad SMARTS) is 1. The van der Waals surface area contributed by atoms with Gasteiger partial charge >= 0.3 is 6.09 Å². The molecule has 0 unspecified atom stereocenters. The SMILES string of the molecule is COc1cnccc1-c1ccc(NC(=O)[C@@H](NC(=O)O)C(c2ccc(F)cc2)c2ccc(F)cc2)cc1. The van der Waals surface area contributed by atoms with Gasteiger partial charge in [0.05, 0.1) is 13.3 Å². The van der Waals surface area contributed by atoms with Crippen molar-refractivity contribution < 1.29 is 28.2 Å². The number of rotatable bonds is 8. The summed E-state index contributed by atoms with van der Waals surface area (Å²) in [5.74, 6) is -1.89. The molecule has 0 bridgehead atoms. The second-order valence-corrected chi connectivity index (χ2v) is 8.15. The Bertz CT molecular complexity index is 1330.